The molecule has 0 unspecified atom stereocenters. The zero-order valence-corrected chi connectivity index (χ0v) is 40.9. The molecule has 75 heavy (non-hydrogen) atoms. The van der Waals surface area contributed by atoms with E-state index in [-0.39, 0.29) is 0 Å². The largest absolute Gasteiger partial charge is 0.310 e. The Bertz CT molecular complexity index is 3910. The van der Waals surface area contributed by atoms with Crippen molar-refractivity contribution in [2.75, 3.05) is 9.80 Å². The Morgan fingerprint density at radius 3 is 1.09 bits per heavy atom. The third-order valence-electron chi connectivity index (χ3n) is 13.8. The molecular formula is C69H48N6. The number of anilines is 6. The molecule has 0 fully saturated rings. The van der Waals surface area contributed by atoms with Crippen LogP contribution in [0, 0.1) is 0 Å². The fourth-order valence-corrected chi connectivity index (χ4v) is 10.2. The van der Waals surface area contributed by atoms with Gasteiger partial charge in [-0.1, -0.05) is 212 Å². The van der Waals surface area contributed by atoms with Crippen molar-refractivity contribution in [3.05, 3.63) is 291 Å². The van der Waals surface area contributed by atoms with E-state index in [2.05, 4.69) is 269 Å². The molecular weight excluding hydrogens is 913 g/mol. The highest BCUT2D eigenvalue weighted by atomic mass is 15.2. The number of para-hydroxylation sites is 3. The standard InChI is InChI=1S/C69H48N6/c1-7-23-49(24-8-1)53-31-21-37-59(43-53)73(57-33-15-5-16-34-57)61-45-56(46-62(48-61)74(58-35-17-6-18-36-58)60-38-22-32-54(44-60)50-25-9-2-10-26-50)55-41-42-64-63-39-19-20-40-65(63)75(66(64)47-55)69-71-67(51-27-11-3-12-28-51)70-68(72-69)52-29-13-4-14-30-52/h1-48H. The first-order valence-corrected chi connectivity index (χ1v) is 25.3. The van der Waals surface area contributed by atoms with Gasteiger partial charge in [-0.25, -0.2) is 4.98 Å². The van der Waals surface area contributed by atoms with Gasteiger partial charge in [0.1, 0.15) is 0 Å². The Balaban J connectivity index is 1.06. The zero-order chi connectivity index (χ0) is 49.9. The molecule has 354 valence electrons. The van der Waals surface area contributed by atoms with Crippen LogP contribution in [0.2, 0.25) is 0 Å². The molecule has 0 N–H and O–H groups in total. The van der Waals surface area contributed by atoms with Gasteiger partial charge in [0.25, 0.3) is 0 Å². The minimum absolute atomic E-state index is 0.544. The first kappa shape index (κ1) is 44.7. The minimum Gasteiger partial charge on any atom is -0.310 e. The predicted molar refractivity (Wildman–Crippen MR) is 311 cm³/mol. The lowest BCUT2D eigenvalue weighted by atomic mass is 9.99. The summed E-state index contributed by atoms with van der Waals surface area (Å²) in [6.45, 7) is 0. The molecule has 6 heteroatoms. The highest BCUT2D eigenvalue weighted by molar-refractivity contribution is 6.10. The van der Waals surface area contributed by atoms with Crippen molar-refractivity contribution in [3.63, 3.8) is 0 Å². The zero-order valence-electron chi connectivity index (χ0n) is 40.9. The molecule has 6 nitrogen and oxygen atoms in total. The molecule has 0 saturated heterocycles. The Labute approximate surface area is 436 Å². The van der Waals surface area contributed by atoms with E-state index < -0.39 is 0 Å². The van der Waals surface area contributed by atoms with Crippen LogP contribution in [0.5, 0.6) is 0 Å². The minimum atomic E-state index is 0.544. The normalized spacial score (nSPS) is 11.2. The second-order valence-corrected chi connectivity index (χ2v) is 18.5. The second-order valence-electron chi connectivity index (χ2n) is 18.5. The summed E-state index contributed by atoms with van der Waals surface area (Å²) in [6.07, 6.45) is 0. The van der Waals surface area contributed by atoms with Gasteiger partial charge < -0.3 is 9.80 Å². The molecule has 0 radical (unpaired) electrons. The van der Waals surface area contributed by atoms with E-state index in [1.54, 1.807) is 0 Å². The Kier molecular flexibility index (Phi) is 11.8. The van der Waals surface area contributed by atoms with Gasteiger partial charge in [-0.05, 0) is 112 Å². The van der Waals surface area contributed by atoms with Crippen molar-refractivity contribution >= 4 is 55.9 Å². The molecule has 0 amide bonds. The smallest absolute Gasteiger partial charge is 0.238 e. The summed E-state index contributed by atoms with van der Waals surface area (Å²) in [6, 6.07) is 103. The lowest BCUT2D eigenvalue weighted by Gasteiger charge is -2.30. The number of nitrogens with zero attached hydrogens (tertiary/aromatic N) is 6. The van der Waals surface area contributed by atoms with Crippen LogP contribution in [0.3, 0.4) is 0 Å². The van der Waals surface area contributed by atoms with Crippen molar-refractivity contribution in [1.82, 2.24) is 19.5 Å². The van der Waals surface area contributed by atoms with Crippen molar-refractivity contribution < 1.29 is 0 Å². The summed E-state index contributed by atoms with van der Waals surface area (Å²) in [5, 5.41) is 2.21. The van der Waals surface area contributed by atoms with Gasteiger partial charge in [0, 0.05) is 56.0 Å². The maximum atomic E-state index is 5.27. The number of fused-ring (bicyclic) bond motifs is 3. The summed E-state index contributed by atoms with van der Waals surface area (Å²) in [4.78, 5) is 20.3. The molecule has 0 bridgehead atoms. The lowest BCUT2D eigenvalue weighted by molar-refractivity contribution is 0.953. The summed E-state index contributed by atoms with van der Waals surface area (Å²) >= 11 is 0. The molecule has 0 aliphatic heterocycles. The number of hydrogen-bond donors (Lipinski definition) is 0. The van der Waals surface area contributed by atoms with Gasteiger partial charge in [-0.15, -0.1) is 0 Å². The van der Waals surface area contributed by atoms with Crippen molar-refractivity contribution in [2.24, 2.45) is 0 Å². The fourth-order valence-electron chi connectivity index (χ4n) is 10.2. The Hall–Kier alpha value is -10.2. The van der Waals surface area contributed by atoms with E-state index in [9.17, 15) is 0 Å². The highest BCUT2D eigenvalue weighted by Gasteiger charge is 2.23. The van der Waals surface area contributed by atoms with E-state index in [1.807, 2.05) is 36.4 Å². The van der Waals surface area contributed by atoms with Gasteiger partial charge in [-0.3, -0.25) is 4.57 Å². The first-order chi connectivity index (χ1) is 37.2. The molecule has 2 aromatic heterocycles. The SMILES string of the molecule is c1ccc(-c2cccc(N(c3ccccc3)c3cc(-c4ccc5c6ccccc6n(-c6nc(-c7ccccc7)nc(-c7ccccc7)n6)c5c4)cc(N(c4ccccc4)c4cccc(-c5ccccc5)c4)c3)c2)cc1. The molecule has 0 aliphatic carbocycles. The van der Waals surface area contributed by atoms with Crippen molar-refractivity contribution in [1.29, 1.82) is 0 Å². The quantitative estimate of drug-likeness (QED) is 0.122. The lowest BCUT2D eigenvalue weighted by Crippen LogP contribution is -2.13. The van der Waals surface area contributed by atoms with Crippen LogP contribution in [0.15, 0.2) is 291 Å². The first-order valence-electron chi connectivity index (χ1n) is 25.3. The molecule has 0 aliphatic rings. The Morgan fingerprint density at radius 2 is 0.600 bits per heavy atom. The maximum absolute atomic E-state index is 5.27. The second kappa shape index (κ2) is 19.8. The van der Waals surface area contributed by atoms with Gasteiger partial charge in [-0.2, -0.15) is 9.97 Å². The molecule has 0 atom stereocenters. The van der Waals surface area contributed by atoms with Gasteiger partial charge >= 0.3 is 0 Å². The van der Waals surface area contributed by atoms with E-state index in [0.717, 1.165) is 100 Å². The van der Waals surface area contributed by atoms with Crippen molar-refractivity contribution in [2.45, 2.75) is 0 Å². The third kappa shape index (κ3) is 8.87. The molecule has 0 saturated carbocycles. The third-order valence-corrected chi connectivity index (χ3v) is 13.8. The van der Waals surface area contributed by atoms with E-state index in [1.165, 1.54) is 0 Å². The van der Waals surface area contributed by atoms with Crippen LogP contribution in [0.25, 0.3) is 83.9 Å². The van der Waals surface area contributed by atoms with E-state index in [0.29, 0.717) is 17.6 Å². The van der Waals surface area contributed by atoms with Crippen LogP contribution >= 0.6 is 0 Å². The predicted octanol–water partition coefficient (Wildman–Crippen LogP) is 18.2. The van der Waals surface area contributed by atoms with Crippen molar-refractivity contribution in [3.8, 4) is 62.1 Å². The van der Waals surface area contributed by atoms with Crippen LogP contribution < -0.4 is 9.80 Å². The maximum Gasteiger partial charge on any atom is 0.238 e. The summed E-state index contributed by atoms with van der Waals surface area (Å²) in [5.74, 6) is 1.75. The molecule has 13 rings (SSSR count). The number of aromatic nitrogens is 4. The molecule has 11 aromatic carbocycles. The number of hydrogen-bond acceptors (Lipinski definition) is 5. The van der Waals surface area contributed by atoms with Gasteiger partial charge in [0.05, 0.1) is 11.0 Å². The van der Waals surface area contributed by atoms with Crippen LogP contribution in [0.1, 0.15) is 0 Å². The number of rotatable bonds is 12. The average Bonchev–Trinajstić information content (AvgIpc) is 3.86. The Morgan fingerprint density at radius 1 is 0.227 bits per heavy atom. The summed E-state index contributed by atoms with van der Waals surface area (Å²) in [5.41, 5.74) is 16.6. The van der Waals surface area contributed by atoms with Crippen LogP contribution in [-0.2, 0) is 0 Å². The highest BCUT2D eigenvalue weighted by Crippen LogP contribution is 2.45. The van der Waals surface area contributed by atoms with Gasteiger partial charge in [0.15, 0.2) is 11.6 Å². The van der Waals surface area contributed by atoms with E-state index in [4.69, 9.17) is 15.0 Å². The van der Waals surface area contributed by atoms with E-state index >= 15 is 0 Å². The molecule has 2 heterocycles. The molecule has 13 aromatic rings. The molecule has 0 spiro atoms. The number of benzene rings is 11. The summed E-state index contributed by atoms with van der Waals surface area (Å²) < 4.78 is 2.20. The van der Waals surface area contributed by atoms with Crippen LogP contribution in [0.4, 0.5) is 34.1 Å². The van der Waals surface area contributed by atoms with Gasteiger partial charge in [0.2, 0.25) is 5.95 Å². The monoisotopic (exact) mass is 960 g/mol. The summed E-state index contributed by atoms with van der Waals surface area (Å²) in [7, 11) is 0. The topological polar surface area (TPSA) is 50.1 Å². The average molecular weight is 961 g/mol. The fraction of sp³-hybridized carbons (Fsp3) is 0. The van der Waals surface area contributed by atoms with Crippen LogP contribution in [-0.4, -0.2) is 19.5 Å².